The Balaban J connectivity index is 1.53. The molecule has 1 unspecified atom stereocenters. The molecule has 2 fully saturated rings. The number of H-pyrrole nitrogens is 2. The lowest BCUT2D eigenvalue weighted by Gasteiger charge is -2.27. The van der Waals surface area contributed by atoms with E-state index in [0.717, 1.165) is 37.3 Å². The Hall–Kier alpha value is -3.17. The van der Waals surface area contributed by atoms with Crippen molar-refractivity contribution in [2.45, 2.75) is 46.1 Å². The molecule has 0 radical (unpaired) electrons. The Bertz CT molecular complexity index is 1120. The molecule has 10 heteroatoms. The van der Waals surface area contributed by atoms with E-state index in [1.54, 1.807) is 4.90 Å². The average molecular weight is 428 g/mol. The highest BCUT2D eigenvalue weighted by atomic mass is 16.6. The fourth-order valence-electron chi connectivity index (χ4n) is 4.39. The minimum Gasteiger partial charge on any atom is -0.444 e. The van der Waals surface area contributed by atoms with E-state index in [-0.39, 0.29) is 17.1 Å². The van der Waals surface area contributed by atoms with Crippen molar-refractivity contribution < 1.29 is 9.53 Å². The van der Waals surface area contributed by atoms with Gasteiger partial charge in [0, 0.05) is 37.8 Å². The number of ether oxygens (including phenoxy) is 1. The molecule has 2 aliphatic heterocycles. The van der Waals surface area contributed by atoms with Gasteiger partial charge in [-0.25, -0.2) is 9.59 Å². The van der Waals surface area contributed by atoms with Crippen LogP contribution in [0.25, 0.3) is 11.3 Å². The maximum atomic E-state index is 12.5. The number of nitrogens with zero attached hydrogens (tertiary/aromatic N) is 4. The number of hydrogen-bond donors (Lipinski definition) is 2. The molecule has 0 saturated carbocycles. The summed E-state index contributed by atoms with van der Waals surface area (Å²) in [5.74, 6) is 0. The molecule has 0 aromatic carbocycles. The molecule has 1 atom stereocenters. The topological polar surface area (TPSA) is 124 Å². The van der Waals surface area contributed by atoms with Crippen molar-refractivity contribution in [1.82, 2.24) is 25.1 Å². The molecule has 2 aliphatic rings. The highest BCUT2D eigenvalue weighted by Gasteiger charge is 2.46. The lowest BCUT2D eigenvalue weighted by Crippen LogP contribution is -2.37. The van der Waals surface area contributed by atoms with Gasteiger partial charge in [-0.2, -0.15) is 5.10 Å². The van der Waals surface area contributed by atoms with Crippen molar-refractivity contribution in [3.05, 3.63) is 38.8 Å². The first-order valence-corrected chi connectivity index (χ1v) is 10.4. The Morgan fingerprint density at radius 3 is 2.61 bits per heavy atom. The summed E-state index contributed by atoms with van der Waals surface area (Å²) in [6.07, 6.45) is 2.98. The van der Waals surface area contributed by atoms with Crippen molar-refractivity contribution >= 4 is 11.8 Å². The molecule has 10 nitrogen and oxygen atoms in total. The van der Waals surface area contributed by atoms with Crippen LogP contribution in [-0.4, -0.2) is 62.9 Å². The molecular weight excluding hydrogens is 400 g/mol. The maximum Gasteiger partial charge on any atom is 0.410 e. The molecule has 4 heterocycles. The fourth-order valence-corrected chi connectivity index (χ4v) is 4.39. The van der Waals surface area contributed by atoms with Gasteiger partial charge in [0.2, 0.25) is 0 Å². The lowest BCUT2D eigenvalue weighted by molar-refractivity contribution is 0.0276. The van der Waals surface area contributed by atoms with Crippen LogP contribution in [0.4, 0.5) is 10.5 Å². The van der Waals surface area contributed by atoms with Gasteiger partial charge in [-0.3, -0.25) is 9.78 Å². The van der Waals surface area contributed by atoms with Crippen LogP contribution < -0.4 is 16.1 Å². The van der Waals surface area contributed by atoms with Crippen LogP contribution in [-0.2, 0) is 4.74 Å². The van der Waals surface area contributed by atoms with Gasteiger partial charge in [0.15, 0.2) is 0 Å². The summed E-state index contributed by atoms with van der Waals surface area (Å²) >= 11 is 0. The van der Waals surface area contributed by atoms with E-state index in [2.05, 4.69) is 25.1 Å². The van der Waals surface area contributed by atoms with Crippen molar-refractivity contribution in [3.63, 3.8) is 0 Å². The first-order chi connectivity index (χ1) is 14.6. The molecule has 166 valence electrons. The summed E-state index contributed by atoms with van der Waals surface area (Å²) in [5.41, 5.74) is 0.778. The first-order valence-electron chi connectivity index (χ1n) is 10.4. The number of likely N-dealkylation sites (tertiary alicyclic amines) is 1. The van der Waals surface area contributed by atoms with Crippen LogP contribution in [0.5, 0.6) is 0 Å². The molecule has 2 aromatic rings. The number of carbonyl (C=O) groups is 1. The fraction of sp³-hybridized carbons (Fsp3) is 0.571. The van der Waals surface area contributed by atoms with Crippen LogP contribution in [0.1, 0.15) is 39.3 Å². The zero-order chi connectivity index (χ0) is 22.4. The number of hydrogen-bond acceptors (Lipinski definition) is 7. The van der Waals surface area contributed by atoms with E-state index < -0.39 is 16.9 Å². The van der Waals surface area contributed by atoms with E-state index >= 15 is 0 Å². The smallest absolute Gasteiger partial charge is 0.410 e. The van der Waals surface area contributed by atoms with Gasteiger partial charge in [-0.15, -0.1) is 5.10 Å². The second-order valence-corrected chi connectivity index (χ2v) is 9.51. The van der Waals surface area contributed by atoms with Crippen molar-refractivity contribution in [2.24, 2.45) is 5.41 Å². The van der Waals surface area contributed by atoms with Gasteiger partial charge in [-0.1, -0.05) is 0 Å². The highest BCUT2D eigenvalue weighted by Crippen LogP contribution is 2.42. The molecule has 2 aromatic heterocycles. The summed E-state index contributed by atoms with van der Waals surface area (Å²) in [5, 5.41) is 8.38. The Morgan fingerprint density at radius 2 is 1.90 bits per heavy atom. The number of aromatic nitrogens is 4. The normalized spacial score (nSPS) is 21.2. The van der Waals surface area contributed by atoms with Crippen molar-refractivity contribution in [1.29, 1.82) is 0 Å². The zero-order valence-electron chi connectivity index (χ0n) is 18.3. The van der Waals surface area contributed by atoms with Gasteiger partial charge in [0.05, 0.1) is 16.9 Å². The minimum absolute atomic E-state index is 0.0161. The van der Waals surface area contributed by atoms with Crippen LogP contribution >= 0.6 is 0 Å². The molecule has 2 N–H and O–H groups in total. The number of aryl methyl sites for hydroxylation is 1. The molecular formula is C21H28N6O4. The van der Waals surface area contributed by atoms with Gasteiger partial charge in [0.25, 0.3) is 5.56 Å². The summed E-state index contributed by atoms with van der Waals surface area (Å²) in [6, 6.07) is 1.84. The van der Waals surface area contributed by atoms with Crippen molar-refractivity contribution in [3.8, 4) is 11.3 Å². The Labute approximate surface area is 179 Å². The number of rotatable bonds is 2. The minimum atomic E-state index is -0.564. The lowest BCUT2D eigenvalue weighted by atomic mass is 9.86. The monoisotopic (exact) mass is 428 g/mol. The van der Waals surface area contributed by atoms with Gasteiger partial charge < -0.3 is 19.5 Å². The molecule has 1 spiro atoms. The number of carbonyl (C=O) groups excluding carboxylic acids is 1. The second kappa shape index (κ2) is 7.51. The van der Waals surface area contributed by atoms with Crippen LogP contribution in [0.15, 0.2) is 21.9 Å². The number of aromatic amines is 2. The van der Waals surface area contributed by atoms with Crippen LogP contribution in [0.2, 0.25) is 0 Å². The summed E-state index contributed by atoms with van der Waals surface area (Å²) in [6.45, 7) is 10.5. The SMILES string of the molecule is Cc1nnc(-c2c[nH]c(=O)[nH]c2=O)cc1N1CCC2(CCN(C(=O)OC(C)(C)C)C2)C1. The second-order valence-electron chi connectivity index (χ2n) is 9.51. The molecule has 0 aliphatic carbocycles. The Kier molecular flexibility index (Phi) is 5.10. The average Bonchev–Trinajstić information content (AvgIpc) is 3.28. The summed E-state index contributed by atoms with van der Waals surface area (Å²) < 4.78 is 5.54. The third-order valence-corrected chi connectivity index (χ3v) is 5.92. The summed E-state index contributed by atoms with van der Waals surface area (Å²) in [7, 11) is 0. The van der Waals surface area contributed by atoms with E-state index in [9.17, 15) is 14.4 Å². The predicted octanol–water partition coefficient (Wildman–Crippen LogP) is 1.67. The molecule has 4 rings (SSSR count). The van der Waals surface area contributed by atoms with Crippen molar-refractivity contribution in [2.75, 3.05) is 31.1 Å². The quantitative estimate of drug-likeness (QED) is 0.745. The van der Waals surface area contributed by atoms with E-state index in [4.69, 9.17) is 4.74 Å². The zero-order valence-corrected chi connectivity index (χ0v) is 18.3. The van der Waals surface area contributed by atoms with E-state index in [1.807, 2.05) is 33.8 Å². The van der Waals surface area contributed by atoms with E-state index in [1.165, 1.54) is 6.20 Å². The Morgan fingerprint density at radius 1 is 1.16 bits per heavy atom. The maximum absolute atomic E-state index is 12.5. The van der Waals surface area contributed by atoms with Gasteiger partial charge >= 0.3 is 11.8 Å². The van der Waals surface area contributed by atoms with Gasteiger partial charge in [0.1, 0.15) is 11.3 Å². The molecule has 31 heavy (non-hydrogen) atoms. The third kappa shape index (κ3) is 4.33. The molecule has 0 bridgehead atoms. The van der Waals surface area contributed by atoms with Crippen LogP contribution in [0, 0.1) is 12.3 Å². The van der Waals surface area contributed by atoms with E-state index in [0.29, 0.717) is 18.8 Å². The van der Waals surface area contributed by atoms with Gasteiger partial charge in [-0.05, 0) is 46.6 Å². The predicted molar refractivity (Wildman–Crippen MR) is 115 cm³/mol. The summed E-state index contributed by atoms with van der Waals surface area (Å²) in [4.78, 5) is 44.7. The number of anilines is 1. The highest BCUT2D eigenvalue weighted by molar-refractivity contribution is 5.69. The standard InChI is InChI=1S/C21H28N6O4/c1-13-16(9-15(25-24-13)14-10-22-18(29)23-17(14)28)26-7-5-21(11-26)6-8-27(12-21)19(30)31-20(2,3)4/h9-10H,5-8,11-12H2,1-4H3,(H2,22,23,28,29). The molecule has 1 amide bonds. The molecule has 2 saturated heterocycles. The first kappa shape index (κ1) is 21.1. The third-order valence-electron chi connectivity index (χ3n) is 5.92. The number of amides is 1. The number of nitrogens with one attached hydrogen (secondary N) is 2. The largest absolute Gasteiger partial charge is 0.444 e. The van der Waals surface area contributed by atoms with Crippen LogP contribution in [0.3, 0.4) is 0 Å².